The first-order valence-electron chi connectivity index (χ1n) is 4.31. The molecule has 15 heavy (non-hydrogen) atoms. The predicted octanol–water partition coefficient (Wildman–Crippen LogP) is 1.70. The van der Waals surface area contributed by atoms with E-state index in [1.54, 1.807) is 30.1 Å². The van der Waals surface area contributed by atoms with E-state index in [2.05, 4.69) is 9.97 Å². The third-order valence-electron chi connectivity index (χ3n) is 1.99. The second kappa shape index (κ2) is 3.82. The number of hydrogen-bond acceptors (Lipinski definition) is 3. The molecule has 2 rings (SSSR count). The Morgan fingerprint density at radius 3 is 2.87 bits per heavy atom. The third-order valence-corrected chi connectivity index (χ3v) is 2.20. The highest BCUT2D eigenvalue weighted by Gasteiger charge is 2.13. The molecule has 0 spiro atoms. The molecule has 4 nitrogen and oxygen atoms in total. The van der Waals surface area contributed by atoms with E-state index in [9.17, 15) is 4.79 Å². The van der Waals surface area contributed by atoms with Crippen LogP contribution >= 0.6 is 11.6 Å². The Morgan fingerprint density at radius 2 is 2.27 bits per heavy atom. The summed E-state index contributed by atoms with van der Waals surface area (Å²) >= 11 is 5.75. The number of carbonyl (C=O) groups is 1. The van der Waals surface area contributed by atoms with E-state index in [0.29, 0.717) is 16.4 Å². The minimum atomic E-state index is -0.183. The Morgan fingerprint density at radius 1 is 1.47 bits per heavy atom. The van der Waals surface area contributed by atoms with Gasteiger partial charge in [-0.05, 0) is 6.07 Å². The Labute approximate surface area is 91.5 Å². The molecule has 2 aromatic heterocycles. The molecular formula is C10H8ClN3O. The number of ketones is 1. The van der Waals surface area contributed by atoms with Crippen molar-refractivity contribution in [2.24, 2.45) is 7.05 Å². The van der Waals surface area contributed by atoms with Crippen molar-refractivity contribution in [3.63, 3.8) is 0 Å². The van der Waals surface area contributed by atoms with Gasteiger partial charge in [-0.3, -0.25) is 9.78 Å². The van der Waals surface area contributed by atoms with Crippen LogP contribution in [-0.2, 0) is 7.05 Å². The summed E-state index contributed by atoms with van der Waals surface area (Å²) < 4.78 is 1.66. The molecule has 0 aromatic carbocycles. The molecule has 0 aliphatic heterocycles. The SMILES string of the molecule is Cn1ccnc1C(=O)c1cncc(Cl)c1. The van der Waals surface area contributed by atoms with E-state index >= 15 is 0 Å². The molecule has 0 saturated heterocycles. The first-order chi connectivity index (χ1) is 7.18. The van der Waals surface area contributed by atoms with E-state index in [4.69, 9.17) is 11.6 Å². The number of aromatic nitrogens is 3. The fraction of sp³-hybridized carbons (Fsp3) is 0.100. The number of hydrogen-bond donors (Lipinski definition) is 0. The van der Waals surface area contributed by atoms with Gasteiger partial charge in [-0.25, -0.2) is 4.98 Å². The Bertz CT molecular complexity index is 507. The van der Waals surface area contributed by atoms with E-state index < -0.39 is 0 Å². The normalized spacial score (nSPS) is 10.3. The van der Waals surface area contributed by atoms with Gasteiger partial charge in [-0.1, -0.05) is 11.6 Å². The maximum atomic E-state index is 11.9. The summed E-state index contributed by atoms with van der Waals surface area (Å²) in [6.45, 7) is 0. The average molecular weight is 222 g/mol. The summed E-state index contributed by atoms with van der Waals surface area (Å²) in [6, 6.07) is 1.57. The quantitative estimate of drug-likeness (QED) is 0.726. The molecule has 0 saturated carbocycles. The summed E-state index contributed by atoms with van der Waals surface area (Å²) in [6.07, 6.45) is 6.25. The first-order valence-corrected chi connectivity index (χ1v) is 4.69. The predicted molar refractivity (Wildman–Crippen MR) is 55.9 cm³/mol. The van der Waals surface area contributed by atoms with Crippen molar-refractivity contribution in [2.45, 2.75) is 0 Å². The fourth-order valence-corrected chi connectivity index (χ4v) is 1.42. The fourth-order valence-electron chi connectivity index (χ4n) is 1.25. The van der Waals surface area contributed by atoms with Crippen LogP contribution in [0.25, 0.3) is 0 Å². The number of imidazole rings is 1. The third kappa shape index (κ3) is 1.89. The second-order valence-corrected chi connectivity index (χ2v) is 3.52. The van der Waals surface area contributed by atoms with Crippen LogP contribution in [-0.4, -0.2) is 20.3 Å². The van der Waals surface area contributed by atoms with Crippen molar-refractivity contribution in [2.75, 3.05) is 0 Å². The molecule has 0 unspecified atom stereocenters. The summed E-state index contributed by atoms with van der Waals surface area (Å²) in [5.41, 5.74) is 0.441. The highest BCUT2D eigenvalue weighted by atomic mass is 35.5. The molecule has 2 heterocycles. The first kappa shape index (κ1) is 9.86. The molecule has 2 aromatic rings. The summed E-state index contributed by atoms with van der Waals surface area (Å²) in [5.74, 6) is 0.191. The van der Waals surface area contributed by atoms with Crippen LogP contribution in [0.3, 0.4) is 0 Å². The molecule has 5 heteroatoms. The van der Waals surface area contributed by atoms with Crippen molar-refractivity contribution < 1.29 is 4.79 Å². The summed E-state index contributed by atoms with van der Waals surface area (Å²) in [4.78, 5) is 19.7. The van der Waals surface area contributed by atoms with Gasteiger partial charge in [-0.15, -0.1) is 0 Å². The lowest BCUT2D eigenvalue weighted by atomic mass is 10.2. The van der Waals surface area contributed by atoms with Gasteiger partial charge in [0.1, 0.15) is 0 Å². The Balaban J connectivity index is 2.41. The minimum absolute atomic E-state index is 0.183. The molecule has 0 bridgehead atoms. The average Bonchev–Trinajstić information content (AvgIpc) is 2.63. The van der Waals surface area contributed by atoms with E-state index in [-0.39, 0.29) is 5.78 Å². The highest BCUT2D eigenvalue weighted by molar-refractivity contribution is 6.30. The maximum Gasteiger partial charge on any atom is 0.230 e. The maximum absolute atomic E-state index is 11.9. The monoisotopic (exact) mass is 221 g/mol. The smallest absolute Gasteiger partial charge is 0.230 e. The van der Waals surface area contributed by atoms with Crippen molar-refractivity contribution in [3.8, 4) is 0 Å². The second-order valence-electron chi connectivity index (χ2n) is 3.08. The summed E-state index contributed by atoms with van der Waals surface area (Å²) in [5, 5.41) is 0.440. The van der Waals surface area contributed by atoms with Gasteiger partial charge in [0.2, 0.25) is 5.78 Å². The molecule has 0 aliphatic rings. The van der Waals surface area contributed by atoms with Crippen molar-refractivity contribution in [1.29, 1.82) is 0 Å². The van der Waals surface area contributed by atoms with Crippen LogP contribution < -0.4 is 0 Å². The molecule has 76 valence electrons. The van der Waals surface area contributed by atoms with Gasteiger partial charge in [0.15, 0.2) is 5.82 Å². The van der Waals surface area contributed by atoms with Crippen molar-refractivity contribution in [1.82, 2.24) is 14.5 Å². The standard InChI is InChI=1S/C10H8ClN3O/c1-14-3-2-13-10(14)9(15)7-4-8(11)6-12-5-7/h2-6H,1H3. The number of carbonyl (C=O) groups excluding carboxylic acids is 1. The Kier molecular flexibility index (Phi) is 2.51. The summed E-state index contributed by atoms with van der Waals surface area (Å²) in [7, 11) is 1.76. The number of pyridine rings is 1. The molecule has 0 amide bonds. The zero-order valence-corrected chi connectivity index (χ0v) is 8.77. The van der Waals surface area contributed by atoms with Gasteiger partial charge < -0.3 is 4.57 Å². The topological polar surface area (TPSA) is 47.8 Å². The minimum Gasteiger partial charge on any atom is -0.331 e. The number of aryl methyl sites for hydroxylation is 1. The molecule has 0 N–H and O–H groups in total. The van der Waals surface area contributed by atoms with Crippen LogP contribution in [0.15, 0.2) is 30.9 Å². The molecular weight excluding hydrogens is 214 g/mol. The van der Waals surface area contributed by atoms with E-state index in [0.717, 1.165) is 0 Å². The number of halogens is 1. The van der Waals surface area contributed by atoms with E-state index in [1.165, 1.54) is 12.4 Å². The zero-order valence-electron chi connectivity index (χ0n) is 8.01. The van der Waals surface area contributed by atoms with Gasteiger partial charge in [-0.2, -0.15) is 0 Å². The van der Waals surface area contributed by atoms with Crippen LogP contribution in [0.4, 0.5) is 0 Å². The Hall–Kier alpha value is -1.68. The van der Waals surface area contributed by atoms with Gasteiger partial charge >= 0.3 is 0 Å². The lowest BCUT2D eigenvalue weighted by Crippen LogP contribution is -2.08. The molecule has 0 fully saturated rings. The highest BCUT2D eigenvalue weighted by Crippen LogP contribution is 2.11. The van der Waals surface area contributed by atoms with Gasteiger partial charge in [0.05, 0.1) is 5.02 Å². The molecule has 0 aliphatic carbocycles. The lowest BCUT2D eigenvalue weighted by molar-refractivity contribution is 0.102. The molecule has 0 radical (unpaired) electrons. The van der Waals surface area contributed by atoms with Crippen LogP contribution in [0.1, 0.15) is 16.2 Å². The van der Waals surface area contributed by atoms with Gasteiger partial charge in [0, 0.05) is 37.4 Å². The van der Waals surface area contributed by atoms with Crippen LogP contribution in [0.5, 0.6) is 0 Å². The lowest BCUT2D eigenvalue weighted by Gasteiger charge is -2.00. The van der Waals surface area contributed by atoms with Crippen LogP contribution in [0.2, 0.25) is 5.02 Å². The van der Waals surface area contributed by atoms with Gasteiger partial charge in [0.25, 0.3) is 0 Å². The zero-order chi connectivity index (χ0) is 10.8. The van der Waals surface area contributed by atoms with E-state index in [1.807, 2.05) is 0 Å². The van der Waals surface area contributed by atoms with Crippen molar-refractivity contribution >= 4 is 17.4 Å². The number of rotatable bonds is 2. The molecule has 0 atom stereocenters. The largest absolute Gasteiger partial charge is 0.331 e. The van der Waals surface area contributed by atoms with Crippen LogP contribution in [0, 0.1) is 0 Å². The number of nitrogens with zero attached hydrogens (tertiary/aromatic N) is 3. The van der Waals surface area contributed by atoms with Crippen molar-refractivity contribution in [3.05, 3.63) is 47.3 Å².